The molecule has 0 amide bonds. The molecule has 3 nitrogen and oxygen atoms in total. The van der Waals surface area contributed by atoms with Crippen molar-refractivity contribution in [2.75, 3.05) is 7.11 Å². The first-order chi connectivity index (χ1) is 7.74. The van der Waals surface area contributed by atoms with Gasteiger partial charge in [-0.25, -0.2) is 4.98 Å². The van der Waals surface area contributed by atoms with Crippen LogP contribution in [0.15, 0.2) is 23.6 Å². The van der Waals surface area contributed by atoms with Crippen LogP contribution in [-0.2, 0) is 0 Å². The van der Waals surface area contributed by atoms with Gasteiger partial charge in [0, 0.05) is 5.56 Å². The Labute approximate surface area is 102 Å². The van der Waals surface area contributed by atoms with E-state index >= 15 is 0 Å². The average Bonchev–Trinajstić information content (AvgIpc) is 2.78. The minimum Gasteiger partial charge on any atom is -0.480 e. The van der Waals surface area contributed by atoms with Crippen molar-refractivity contribution in [2.24, 2.45) is 0 Å². The maximum atomic E-state index is 8.87. The third-order valence-electron chi connectivity index (χ3n) is 2.03. The van der Waals surface area contributed by atoms with Gasteiger partial charge < -0.3 is 4.74 Å². The van der Waals surface area contributed by atoms with Crippen LogP contribution in [0.2, 0.25) is 5.02 Å². The van der Waals surface area contributed by atoms with E-state index < -0.39 is 0 Å². The average molecular weight is 251 g/mol. The Morgan fingerprint density at radius 3 is 2.94 bits per heavy atom. The van der Waals surface area contributed by atoms with E-state index in [0.29, 0.717) is 16.5 Å². The Morgan fingerprint density at radius 1 is 1.50 bits per heavy atom. The van der Waals surface area contributed by atoms with Gasteiger partial charge in [-0.2, -0.15) is 5.26 Å². The molecule has 0 spiro atoms. The topological polar surface area (TPSA) is 45.9 Å². The highest BCUT2D eigenvalue weighted by Crippen LogP contribution is 2.29. The molecule has 0 bridgehead atoms. The molecule has 2 rings (SSSR count). The van der Waals surface area contributed by atoms with Gasteiger partial charge in [0.1, 0.15) is 11.1 Å². The number of halogens is 1. The number of aromatic nitrogens is 1. The van der Waals surface area contributed by atoms with Crippen LogP contribution in [0.3, 0.4) is 0 Å². The molecule has 0 aliphatic rings. The lowest BCUT2D eigenvalue weighted by Crippen LogP contribution is -1.83. The summed E-state index contributed by atoms with van der Waals surface area (Å²) >= 11 is 7.32. The molecule has 0 saturated heterocycles. The summed E-state index contributed by atoms with van der Waals surface area (Å²) in [5.74, 6) is 0.577. The third kappa shape index (κ3) is 2.01. The summed E-state index contributed by atoms with van der Waals surface area (Å²) in [5, 5.41) is 11.9. The zero-order chi connectivity index (χ0) is 11.5. The number of thiazole rings is 1. The molecule has 0 aliphatic carbocycles. The summed E-state index contributed by atoms with van der Waals surface area (Å²) < 4.78 is 5.00. The fourth-order valence-electron chi connectivity index (χ4n) is 1.23. The number of ether oxygens (including phenoxy) is 1. The van der Waals surface area contributed by atoms with Crippen LogP contribution in [0, 0.1) is 11.3 Å². The number of hydrogen-bond acceptors (Lipinski definition) is 4. The molecule has 0 unspecified atom stereocenters. The molecule has 0 N–H and O–H groups in total. The Morgan fingerprint density at radius 2 is 2.31 bits per heavy atom. The van der Waals surface area contributed by atoms with Crippen LogP contribution in [-0.4, -0.2) is 12.1 Å². The standard InChI is InChI=1S/C11H7ClN2OS/c1-15-10-6-16-11(14-10)7-2-3-9(12)8(4-7)5-13/h2-4,6H,1H3. The minimum atomic E-state index is 0.452. The van der Waals surface area contributed by atoms with E-state index in [2.05, 4.69) is 4.98 Å². The summed E-state index contributed by atoms with van der Waals surface area (Å²) in [4.78, 5) is 4.25. The number of nitrogens with zero attached hydrogens (tertiary/aromatic N) is 2. The molecular formula is C11H7ClN2OS. The first-order valence-corrected chi connectivity index (χ1v) is 5.70. The zero-order valence-electron chi connectivity index (χ0n) is 8.40. The lowest BCUT2D eigenvalue weighted by molar-refractivity contribution is 0.401. The van der Waals surface area contributed by atoms with E-state index in [1.54, 1.807) is 19.2 Å². The largest absolute Gasteiger partial charge is 0.480 e. The number of benzene rings is 1. The molecule has 0 aliphatic heterocycles. The van der Waals surface area contributed by atoms with E-state index in [1.807, 2.05) is 17.5 Å². The number of hydrogen-bond donors (Lipinski definition) is 0. The van der Waals surface area contributed by atoms with Crippen molar-refractivity contribution in [3.8, 4) is 22.5 Å². The molecular weight excluding hydrogens is 244 g/mol. The zero-order valence-corrected chi connectivity index (χ0v) is 9.97. The SMILES string of the molecule is COc1csc(-c2ccc(Cl)c(C#N)c2)n1. The van der Waals surface area contributed by atoms with Crippen molar-refractivity contribution >= 4 is 22.9 Å². The molecule has 0 fully saturated rings. The van der Waals surface area contributed by atoms with E-state index in [4.69, 9.17) is 21.6 Å². The van der Waals surface area contributed by atoms with Crippen molar-refractivity contribution in [3.05, 3.63) is 34.2 Å². The molecule has 1 aromatic carbocycles. The van der Waals surface area contributed by atoms with Gasteiger partial charge in [0.05, 0.1) is 23.1 Å². The summed E-state index contributed by atoms with van der Waals surface area (Å²) in [5.41, 5.74) is 1.32. The first kappa shape index (κ1) is 10.9. The fraction of sp³-hybridized carbons (Fsp3) is 0.0909. The monoisotopic (exact) mass is 250 g/mol. The molecule has 0 atom stereocenters. The van der Waals surface area contributed by atoms with Crippen LogP contribution in [0.1, 0.15) is 5.56 Å². The van der Waals surface area contributed by atoms with Crippen molar-refractivity contribution in [1.29, 1.82) is 5.26 Å². The maximum absolute atomic E-state index is 8.87. The predicted molar refractivity (Wildman–Crippen MR) is 63.8 cm³/mol. The first-order valence-electron chi connectivity index (χ1n) is 4.44. The van der Waals surface area contributed by atoms with Crippen LogP contribution in [0.25, 0.3) is 10.6 Å². The van der Waals surface area contributed by atoms with E-state index in [0.717, 1.165) is 10.6 Å². The highest BCUT2D eigenvalue weighted by molar-refractivity contribution is 7.13. The van der Waals surface area contributed by atoms with Crippen molar-refractivity contribution in [3.63, 3.8) is 0 Å². The number of rotatable bonds is 2. The quantitative estimate of drug-likeness (QED) is 0.821. The predicted octanol–water partition coefficient (Wildman–Crippen LogP) is 3.34. The van der Waals surface area contributed by atoms with Gasteiger partial charge >= 0.3 is 0 Å². The smallest absolute Gasteiger partial charge is 0.224 e. The third-order valence-corrected chi connectivity index (χ3v) is 3.23. The Hall–Kier alpha value is -1.57. The van der Waals surface area contributed by atoms with Gasteiger partial charge in [0.25, 0.3) is 0 Å². The van der Waals surface area contributed by atoms with Crippen molar-refractivity contribution < 1.29 is 4.74 Å². The minimum absolute atomic E-state index is 0.452. The second kappa shape index (κ2) is 4.52. The van der Waals surface area contributed by atoms with Crippen molar-refractivity contribution in [1.82, 2.24) is 4.98 Å². The second-order valence-electron chi connectivity index (χ2n) is 3.00. The molecule has 1 aromatic heterocycles. The van der Waals surface area contributed by atoms with Gasteiger partial charge in [-0.1, -0.05) is 17.7 Å². The Kier molecular flexibility index (Phi) is 3.09. The van der Waals surface area contributed by atoms with E-state index in [-0.39, 0.29) is 0 Å². The number of methoxy groups -OCH3 is 1. The highest BCUT2D eigenvalue weighted by Gasteiger charge is 2.07. The van der Waals surface area contributed by atoms with Gasteiger partial charge in [-0.05, 0) is 12.1 Å². The summed E-state index contributed by atoms with van der Waals surface area (Å²) in [6.45, 7) is 0. The van der Waals surface area contributed by atoms with Gasteiger partial charge in [-0.3, -0.25) is 0 Å². The highest BCUT2D eigenvalue weighted by atomic mass is 35.5. The van der Waals surface area contributed by atoms with Crippen LogP contribution >= 0.6 is 22.9 Å². The molecule has 16 heavy (non-hydrogen) atoms. The number of nitriles is 1. The Balaban J connectivity index is 2.45. The Bertz CT molecular complexity index is 559. The lowest BCUT2D eigenvalue weighted by Gasteiger charge is -1.98. The summed E-state index contributed by atoms with van der Waals surface area (Å²) in [6, 6.07) is 7.30. The van der Waals surface area contributed by atoms with Crippen molar-refractivity contribution in [2.45, 2.75) is 0 Å². The van der Waals surface area contributed by atoms with Crippen LogP contribution < -0.4 is 4.74 Å². The van der Waals surface area contributed by atoms with Crippen LogP contribution in [0.5, 0.6) is 5.88 Å². The van der Waals surface area contributed by atoms with E-state index in [9.17, 15) is 0 Å². The normalized spacial score (nSPS) is 9.81. The van der Waals surface area contributed by atoms with Gasteiger partial charge in [0.2, 0.25) is 5.88 Å². The van der Waals surface area contributed by atoms with E-state index in [1.165, 1.54) is 11.3 Å². The summed E-state index contributed by atoms with van der Waals surface area (Å²) in [7, 11) is 1.57. The lowest BCUT2D eigenvalue weighted by atomic mass is 10.1. The fourth-order valence-corrected chi connectivity index (χ4v) is 2.16. The van der Waals surface area contributed by atoms with Crippen LogP contribution in [0.4, 0.5) is 0 Å². The molecule has 2 aromatic rings. The molecule has 0 radical (unpaired) electrons. The van der Waals surface area contributed by atoms with Gasteiger partial charge in [0.15, 0.2) is 0 Å². The molecule has 0 saturated carbocycles. The van der Waals surface area contributed by atoms with Gasteiger partial charge in [-0.15, -0.1) is 11.3 Å². The summed E-state index contributed by atoms with van der Waals surface area (Å²) in [6.07, 6.45) is 0. The molecule has 5 heteroatoms. The molecule has 1 heterocycles. The maximum Gasteiger partial charge on any atom is 0.224 e. The second-order valence-corrected chi connectivity index (χ2v) is 4.27. The molecule has 80 valence electrons.